The second-order valence-electron chi connectivity index (χ2n) is 4.29. The average molecular weight is 264 g/mol. The highest BCUT2D eigenvalue weighted by molar-refractivity contribution is 6.16. The van der Waals surface area contributed by atoms with Gasteiger partial charge in [-0.2, -0.15) is 0 Å². The summed E-state index contributed by atoms with van der Waals surface area (Å²) in [6, 6.07) is 6.31. The molecule has 0 spiro atoms. The van der Waals surface area contributed by atoms with Gasteiger partial charge in [0.15, 0.2) is 5.82 Å². The van der Waals surface area contributed by atoms with E-state index in [0.717, 1.165) is 23.8 Å². The quantitative estimate of drug-likeness (QED) is 0.800. The van der Waals surface area contributed by atoms with E-state index in [-0.39, 0.29) is 0 Å². The van der Waals surface area contributed by atoms with Crippen LogP contribution in [0.1, 0.15) is 23.9 Å². The van der Waals surface area contributed by atoms with Gasteiger partial charge >= 0.3 is 0 Å². The highest BCUT2D eigenvalue weighted by Gasteiger charge is 2.16. The van der Waals surface area contributed by atoms with Gasteiger partial charge in [-0.05, 0) is 24.1 Å². The molecule has 94 valence electrons. The van der Waals surface area contributed by atoms with Gasteiger partial charge in [-0.15, -0.1) is 21.8 Å². The summed E-state index contributed by atoms with van der Waals surface area (Å²) in [5, 5.41) is 8.37. The van der Waals surface area contributed by atoms with Crippen molar-refractivity contribution in [3.05, 3.63) is 35.2 Å². The van der Waals surface area contributed by atoms with Crippen molar-refractivity contribution >= 4 is 11.6 Å². The molecule has 2 aromatic rings. The van der Waals surface area contributed by atoms with Gasteiger partial charge in [0.05, 0.1) is 19.1 Å². The molecule has 18 heavy (non-hydrogen) atoms. The summed E-state index contributed by atoms with van der Waals surface area (Å²) in [7, 11) is 0. The minimum absolute atomic E-state index is 0.384. The van der Waals surface area contributed by atoms with Crippen LogP contribution < -0.4 is 0 Å². The lowest BCUT2D eigenvalue weighted by molar-refractivity contribution is 0.134. The van der Waals surface area contributed by atoms with E-state index in [0.29, 0.717) is 19.1 Å². The van der Waals surface area contributed by atoms with E-state index in [9.17, 15) is 0 Å². The standard InChI is InChI=1S/C13H14ClN3O/c1-2-17-12(6-14)15-16-13(17)9-3-4-10-7-18-8-11(10)5-9/h3-5H,2,6-8H2,1H3. The zero-order chi connectivity index (χ0) is 12.5. The second kappa shape index (κ2) is 4.71. The Morgan fingerprint density at radius 1 is 1.28 bits per heavy atom. The number of aromatic nitrogens is 3. The third kappa shape index (κ3) is 1.82. The third-order valence-electron chi connectivity index (χ3n) is 3.24. The van der Waals surface area contributed by atoms with Gasteiger partial charge in [0.25, 0.3) is 0 Å². The molecule has 2 heterocycles. The van der Waals surface area contributed by atoms with E-state index in [2.05, 4.69) is 35.3 Å². The Kier molecular flexibility index (Phi) is 3.06. The van der Waals surface area contributed by atoms with E-state index < -0.39 is 0 Å². The van der Waals surface area contributed by atoms with Crippen LogP contribution in [-0.4, -0.2) is 14.8 Å². The monoisotopic (exact) mass is 263 g/mol. The average Bonchev–Trinajstić information content (AvgIpc) is 3.03. The Morgan fingerprint density at radius 3 is 2.89 bits per heavy atom. The largest absolute Gasteiger partial charge is 0.372 e. The summed E-state index contributed by atoms with van der Waals surface area (Å²) in [6.07, 6.45) is 0. The maximum atomic E-state index is 5.86. The number of alkyl halides is 1. The van der Waals surface area contributed by atoms with Crippen molar-refractivity contribution in [2.45, 2.75) is 32.6 Å². The minimum atomic E-state index is 0.384. The topological polar surface area (TPSA) is 39.9 Å². The van der Waals surface area contributed by atoms with Crippen LogP contribution in [0.15, 0.2) is 18.2 Å². The zero-order valence-electron chi connectivity index (χ0n) is 10.2. The molecular formula is C13H14ClN3O. The molecule has 0 aliphatic carbocycles. The molecule has 0 saturated carbocycles. The fraction of sp³-hybridized carbons (Fsp3) is 0.385. The van der Waals surface area contributed by atoms with E-state index in [1.807, 2.05) is 4.57 Å². The van der Waals surface area contributed by atoms with Crippen molar-refractivity contribution in [2.75, 3.05) is 0 Å². The van der Waals surface area contributed by atoms with Gasteiger partial charge in [0.2, 0.25) is 0 Å². The van der Waals surface area contributed by atoms with Gasteiger partial charge in [-0.1, -0.05) is 12.1 Å². The maximum absolute atomic E-state index is 5.86. The third-order valence-corrected chi connectivity index (χ3v) is 3.48. The molecule has 0 N–H and O–H groups in total. The molecule has 0 fully saturated rings. The number of fused-ring (bicyclic) bond motifs is 1. The molecule has 1 aromatic carbocycles. The summed E-state index contributed by atoms with van der Waals surface area (Å²) in [6.45, 7) is 4.28. The van der Waals surface area contributed by atoms with Gasteiger partial charge in [-0.3, -0.25) is 0 Å². The van der Waals surface area contributed by atoms with Crippen molar-refractivity contribution < 1.29 is 4.74 Å². The van der Waals surface area contributed by atoms with E-state index in [1.165, 1.54) is 11.1 Å². The number of hydrogen-bond donors (Lipinski definition) is 0. The van der Waals surface area contributed by atoms with Crippen molar-refractivity contribution in [3.63, 3.8) is 0 Å². The number of nitrogens with zero attached hydrogens (tertiary/aromatic N) is 3. The molecule has 4 nitrogen and oxygen atoms in total. The van der Waals surface area contributed by atoms with Crippen molar-refractivity contribution in [2.24, 2.45) is 0 Å². The molecule has 5 heteroatoms. The number of ether oxygens (including phenoxy) is 1. The fourth-order valence-electron chi connectivity index (χ4n) is 2.29. The smallest absolute Gasteiger partial charge is 0.163 e. The lowest BCUT2D eigenvalue weighted by atomic mass is 10.1. The summed E-state index contributed by atoms with van der Waals surface area (Å²) < 4.78 is 7.47. The Morgan fingerprint density at radius 2 is 2.11 bits per heavy atom. The molecule has 1 aliphatic heterocycles. The molecule has 0 bridgehead atoms. The lowest BCUT2D eigenvalue weighted by Crippen LogP contribution is -2.02. The Hall–Kier alpha value is -1.39. The first kappa shape index (κ1) is 11.7. The zero-order valence-corrected chi connectivity index (χ0v) is 10.9. The molecule has 0 saturated heterocycles. The predicted molar refractivity (Wildman–Crippen MR) is 69.2 cm³/mol. The maximum Gasteiger partial charge on any atom is 0.163 e. The van der Waals surface area contributed by atoms with Gasteiger partial charge < -0.3 is 9.30 Å². The van der Waals surface area contributed by atoms with E-state index in [4.69, 9.17) is 16.3 Å². The van der Waals surface area contributed by atoms with Crippen molar-refractivity contribution in [1.29, 1.82) is 0 Å². The van der Waals surface area contributed by atoms with E-state index >= 15 is 0 Å². The number of benzene rings is 1. The van der Waals surface area contributed by atoms with Crippen LogP contribution in [0.4, 0.5) is 0 Å². The van der Waals surface area contributed by atoms with Crippen molar-refractivity contribution in [3.8, 4) is 11.4 Å². The first-order valence-electron chi connectivity index (χ1n) is 6.01. The van der Waals surface area contributed by atoms with E-state index in [1.54, 1.807) is 0 Å². The summed E-state index contributed by atoms with van der Waals surface area (Å²) in [5.41, 5.74) is 3.58. The van der Waals surface area contributed by atoms with Crippen LogP contribution in [0.25, 0.3) is 11.4 Å². The molecule has 0 atom stereocenters. The highest BCUT2D eigenvalue weighted by atomic mass is 35.5. The molecule has 0 amide bonds. The van der Waals surface area contributed by atoms with Gasteiger partial charge in [0.1, 0.15) is 5.82 Å². The lowest BCUT2D eigenvalue weighted by Gasteiger charge is -2.07. The first-order chi connectivity index (χ1) is 8.83. The Labute approximate surface area is 111 Å². The molecule has 0 radical (unpaired) electrons. The van der Waals surface area contributed by atoms with Crippen LogP contribution in [0.3, 0.4) is 0 Å². The summed E-state index contributed by atoms with van der Waals surface area (Å²) in [5.74, 6) is 2.07. The number of hydrogen-bond acceptors (Lipinski definition) is 3. The predicted octanol–water partition coefficient (Wildman–Crippen LogP) is 2.73. The van der Waals surface area contributed by atoms with Crippen LogP contribution in [-0.2, 0) is 30.4 Å². The van der Waals surface area contributed by atoms with Crippen LogP contribution in [0.5, 0.6) is 0 Å². The fourth-order valence-corrected chi connectivity index (χ4v) is 2.49. The normalized spacial score (nSPS) is 13.9. The molecule has 3 rings (SSSR count). The molecule has 1 aliphatic rings. The first-order valence-corrected chi connectivity index (χ1v) is 6.55. The Bertz CT molecular complexity index is 580. The second-order valence-corrected chi connectivity index (χ2v) is 4.56. The van der Waals surface area contributed by atoms with Gasteiger partial charge in [0, 0.05) is 12.1 Å². The molecule has 0 unspecified atom stereocenters. The summed E-state index contributed by atoms with van der Waals surface area (Å²) >= 11 is 5.86. The Balaban J connectivity index is 2.07. The SMILES string of the molecule is CCn1c(CCl)nnc1-c1ccc2c(c1)COC2. The highest BCUT2D eigenvalue weighted by Crippen LogP contribution is 2.26. The van der Waals surface area contributed by atoms with Crippen LogP contribution >= 0.6 is 11.6 Å². The van der Waals surface area contributed by atoms with Crippen LogP contribution in [0, 0.1) is 0 Å². The summed E-state index contributed by atoms with van der Waals surface area (Å²) in [4.78, 5) is 0. The van der Waals surface area contributed by atoms with Gasteiger partial charge in [-0.25, -0.2) is 0 Å². The number of halogens is 1. The van der Waals surface area contributed by atoms with Crippen LogP contribution in [0.2, 0.25) is 0 Å². The number of rotatable bonds is 3. The molecule has 1 aromatic heterocycles. The molecular weight excluding hydrogens is 250 g/mol. The van der Waals surface area contributed by atoms with Crippen molar-refractivity contribution in [1.82, 2.24) is 14.8 Å². The minimum Gasteiger partial charge on any atom is -0.372 e.